The van der Waals surface area contributed by atoms with Crippen molar-refractivity contribution in [3.8, 4) is 0 Å². The fraction of sp³-hybridized carbons (Fsp3) is 0.481. The summed E-state index contributed by atoms with van der Waals surface area (Å²) in [7, 11) is -3.52. The van der Waals surface area contributed by atoms with Crippen molar-refractivity contribution in [2.45, 2.75) is 72.0 Å². The summed E-state index contributed by atoms with van der Waals surface area (Å²) in [5.74, 6) is -0.438. The first-order chi connectivity index (χ1) is 17.0. The number of rotatable bonds is 13. The van der Waals surface area contributed by atoms with E-state index in [0.29, 0.717) is 17.1 Å². The lowest BCUT2D eigenvalue weighted by atomic mass is 10.1. The van der Waals surface area contributed by atoms with Gasteiger partial charge in [0, 0.05) is 30.6 Å². The molecule has 0 saturated carbocycles. The number of benzene rings is 2. The van der Waals surface area contributed by atoms with Crippen LogP contribution in [-0.4, -0.2) is 50.0 Å². The molecule has 36 heavy (non-hydrogen) atoms. The highest BCUT2D eigenvalue weighted by atomic mass is 35.5. The molecule has 2 aromatic rings. The van der Waals surface area contributed by atoms with E-state index in [9.17, 15) is 18.0 Å². The van der Waals surface area contributed by atoms with Crippen molar-refractivity contribution >= 4 is 39.1 Å². The molecule has 0 unspecified atom stereocenters. The monoisotopic (exact) mass is 535 g/mol. The minimum atomic E-state index is -3.52. The number of halogens is 1. The molecular formula is C27H38ClN3O4S. The van der Waals surface area contributed by atoms with Gasteiger partial charge >= 0.3 is 0 Å². The minimum absolute atomic E-state index is 0.00477. The van der Waals surface area contributed by atoms with E-state index in [1.165, 1.54) is 4.31 Å². The van der Waals surface area contributed by atoms with E-state index in [-0.39, 0.29) is 37.4 Å². The molecule has 0 aliphatic rings. The maximum Gasteiger partial charge on any atom is 0.242 e. The SMILES string of the molecule is CCc1ccc(N(CCCC(=O)N(Cc2ccc(Cl)cc2)[C@@H](C)C(=O)N[C@@H](C)CC)S(C)(=O)=O)cc1. The van der Waals surface area contributed by atoms with Crippen molar-refractivity contribution in [1.29, 1.82) is 0 Å². The number of carbonyl (C=O) groups is 2. The second kappa shape index (κ2) is 13.7. The number of carbonyl (C=O) groups excluding carboxylic acids is 2. The van der Waals surface area contributed by atoms with Gasteiger partial charge in [0.1, 0.15) is 6.04 Å². The molecule has 0 saturated heterocycles. The number of hydrogen-bond acceptors (Lipinski definition) is 4. The Balaban J connectivity index is 2.16. The Labute approximate surface area is 220 Å². The Hall–Kier alpha value is -2.58. The first kappa shape index (κ1) is 29.6. The van der Waals surface area contributed by atoms with Crippen LogP contribution in [0.15, 0.2) is 48.5 Å². The smallest absolute Gasteiger partial charge is 0.242 e. The van der Waals surface area contributed by atoms with Gasteiger partial charge in [-0.3, -0.25) is 13.9 Å². The minimum Gasteiger partial charge on any atom is -0.352 e. The molecule has 198 valence electrons. The first-order valence-electron chi connectivity index (χ1n) is 12.4. The van der Waals surface area contributed by atoms with Gasteiger partial charge in [-0.15, -0.1) is 0 Å². The molecule has 9 heteroatoms. The van der Waals surface area contributed by atoms with E-state index < -0.39 is 16.1 Å². The average Bonchev–Trinajstić information content (AvgIpc) is 2.85. The van der Waals surface area contributed by atoms with Gasteiger partial charge in [0.2, 0.25) is 21.8 Å². The highest BCUT2D eigenvalue weighted by Crippen LogP contribution is 2.20. The lowest BCUT2D eigenvalue weighted by molar-refractivity contribution is -0.140. The van der Waals surface area contributed by atoms with Crippen LogP contribution in [0, 0.1) is 0 Å². The normalized spacial score (nSPS) is 13.1. The van der Waals surface area contributed by atoms with Crippen molar-refractivity contribution in [2.24, 2.45) is 0 Å². The number of nitrogens with zero attached hydrogens (tertiary/aromatic N) is 2. The predicted octanol–water partition coefficient (Wildman–Crippen LogP) is 4.78. The molecule has 0 radical (unpaired) electrons. The first-order valence-corrected chi connectivity index (χ1v) is 14.6. The molecule has 2 amide bonds. The Bertz CT molecular complexity index is 1100. The Morgan fingerprint density at radius 3 is 2.08 bits per heavy atom. The molecule has 7 nitrogen and oxygen atoms in total. The van der Waals surface area contributed by atoms with Gasteiger partial charge in [0.25, 0.3) is 0 Å². The fourth-order valence-electron chi connectivity index (χ4n) is 3.74. The second-order valence-electron chi connectivity index (χ2n) is 9.10. The third-order valence-electron chi connectivity index (χ3n) is 6.22. The van der Waals surface area contributed by atoms with Gasteiger partial charge < -0.3 is 10.2 Å². The number of amides is 2. The summed E-state index contributed by atoms with van der Waals surface area (Å²) in [5.41, 5.74) is 2.54. The Morgan fingerprint density at radius 1 is 0.972 bits per heavy atom. The van der Waals surface area contributed by atoms with Crippen molar-refractivity contribution in [1.82, 2.24) is 10.2 Å². The van der Waals surface area contributed by atoms with Crippen LogP contribution < -0.4 is 9.62 Å². The molecule has 0 aliphatic heterocycles. The molecule has 0 bridgehead atoms. The van der Waals surface area contributed by atoms with Crippen LogP contribution in [-0.2, 0) is 32.6 Å². The van der Waals surface area contributed by atoms with E-state index in [2.05, 4.69) is 5.32 Å². The van der Waals surface area contributed by atoms with Crippen molar-refractivity contribution in [3.05, 3.63) is 64.7 Å². The quantitative estimate of drug-likeness (QED) is 0.400. The lowest BCUT2D eigenvalue weighted by Gasteiger charge is -2.30. The molecule has 0 spiro atoms. The summed E-state index contributed by atoms with van der Waals surface area (Å²) in [6.07, 6.45) is 3.23. The summed E-state index contributed by atoms with van der Waals surface area (Å²) in [4.78, 5) is 27.7. The molecule has 2 rings (SSSR count). The van der Waals surface area contributed by atoms with Crippen LogP contribution in [0.5, 0.6) is 0 Å². The molecule has 0 aliphatic carbocycles. The number of anilines is 1. The highest BCUT2D eigenvalue weighted by molar-refractivity contribution is 7.92. The standard InChI is InChI=1S/C27H38ClN3O4S/c1-6-20(3)29-27(33)21(4)30(19-23-10-14-24(28)15-11-23)26(32)9-8-18-31(36(5,34)35)25-16-12-22(7-2)13-17-25/h10-17,20-21H,6-9,18-19H2,1-5H3,(H,29,33)/t20-,21-/m0/s1. The molecule has 2 aromatic carbocycles. The largest absolute Gasteiger partial charge is 0.352 e. The Morgan fingerprint density at radius 2 is 1.56 bits per heavy atom. The molecular weight excluding hydrogens is 498 g/mol. The van der Waals surface area contributed by atoms with Gasteiger partial charge in [-0.2, -0.15) is 0 Å². The van der Waals surface area contributed by atoms with E-state index in [4.69, 9.17) is 11.6 Å². The van der Waals surface area contributed by atoms with E-state index in [0.717, 1.165) is 30.2 Å². The highest BCUT2D eigenvalue weighted by Gasteiger charge is 2.27. The number of aryl methyl sites for hydroxylation is 1. The van der Waals surface area contributed by atoms with E-state index in [1.807, 2.05) is 45.0 Å². The Kier molecular flexibility index (Phi) is 11.2. The maximum absolute atomic E-state index is 13.3. The van der Waals surface area contributed by atoms with E-state index >= 15 is 0 Å². The zero-order chi connectivity index (χ0) is 26.9. The predicted molar refractivity (Wildman–Crippen MR) is 147 cm³/mol. The molecule has 1 N–H and O–H groups in total. The summed E-state index contributed by atoms with van der Waals surface area (Å²) in [6.45, 7) is 8.06. The van der Waals surface area contributed by atoms with Crippen LogP contribution in [0.2, 0.25) is 5.02 Å². The van der Waals surface area contributed by atoms with Gasteiger partial charge in [0.05, 0.1) is 11.9 Å². The topological polar surface area (TPSA) is 86.8 Å². The zero-order valence-corrected chi connectivity index (χ0v) is 23.4. The van der Waals surface area contributed by atoms with Crippen LogP contribution in [0.1, 0.15) is 58.1 Å². The van der Waals surface area contributed by atoms with Crippen molar-refractivity contribution in [2.75, 3.05) is 17.1 Å². The molecule has 0 aromatic heterocycles. The third-order valence-corrected chi connectivity index (χ3v) is 7.67. The van der Waals surface area contributed by atoms with Crippen molar-refractivity contribution < 1.29 is 18.0 Å². The van der Waals surface area contributed by atoms with Gasteiger partial charge in [-0.1, -0.05) is 49.7 Å². The molecule has 0 heterocycles. The average molecular weight is 536 g/mol. The molecule has 0 fully saturated rings. The summed E-state index contributed by atoms with van der Waals surface area (Å²) >= 11 is 6.00. The summed E-state index contributed by atoms with van der Waals surface area (Å²) < 4.78 is 26.2. The van der Waals surface area contributed by atoms with Crippen molar-refractivity contribution in [3.63, 3.8) is 0 Å². The third kappa shape index (κ3) is 8.82. The van der Waals surface area contributed by atoms with E-state index in [1.54, 1.807) is 36.1 Å². The number of hydrogen-bond donors (Lipinski definition) is 1. The van der Waals surface area contributed by atoms with Gasteiger partial charge in [-0.05, 0) is 68.5 Å². The number of sulfonamides is 1. The van der Waals surface area contributed by atoms with Crippen LogP contribution in [0.25, 0.3) is 0 Å². The molecule has 2 atom stereocenters. The summed E-state index contributed by atoms with van der Waals surface area (Å²) in [6, 6.07) is 13.8. The lowest BCUT2D eigenvalue weighted by Crippen LogP contribution is -2.49. The summed E-state index contributed by atoms with van der Waals surface area (Å²) in [5, 5.41) is 3.53. The number of nitrogens with one attached hydrogen (secondary N) is 1. The maximum atomic E-state index is 13.3. The van der Waals surface area contributed by atoms with Crippen LogP contribution >= 0.6 is 11.6 Å². The van der Waals surface area contributed by atoms with Crippen LogP contribution in [0.3, 0.4) is 0 Å². The second-order valence-corrected chi connectivity index (χ2v) is 11.4. The van der Waals surface area contributed by atoms with Crippen LogP contribution in [0.4, 0.5) is 5.69 Å². The fourth-order valence-corrected chi connectivity index (χ4v) is 4.83. The zero-order valence-electron chi connectivity index (χ0n) is 21.8. The van der Waals surface area contributed by atoms with Gasteiger partial charge in [0.15, 0.2) is 0 Å². The van der Waals surface area contributed by atoms with Gasteiger partial charge in [-0.25, -0.2) is 8.42 Å².